The second-order valence-corrected chi connectivity index (χ2v) is 5.91. The topological polar surface area (TPSA) is 109 Å². The predicted molar refractivity (Wildman–Crippen MR) is 91.6 cm³/mol. The van der Waals surface area contributed by atoms with E-state index in [9.17, 15) is 19.5 Å². The van der Waals surface area contributed by atoms with E-state index < -0.39 is 23.3 Å². The van der Waals surface area contributed by atoms with Gasteiger partial charge in [-0.05, 0) is 50.1 Å². The number of carboxylic acid groups (broad SMARTS) is 1. The molecule has 1 aromatic heterocycles. The summed E-state index contributed by atoms with van der Waals surface area (Å²) in [5, 5.41) is 14.5. The number of hydrogen-bond donors (Lipinski definition) is 3. The van der Waals surface area contributed by atoms with Gasteiger partial charge in [0.05, 0.1) is 6.26 Å². The number of benzene rings is 1. The van der Waals surface area contributed by atoms with Crippen molar-refractivity contribution in [2.24, 2.45) is 0 Å². The summed E-state index contributed by atoms with van der Waals surface area (Å²) >= 11 is 0. The molecule has 7 heteroatoms. The van der Waals surface area contributed by atoms with Crippen LogP contribution in [0.2, 0.25) is 0 Å². The van der Waals surface area contributed by atoms with Gasteiger partial charge >= 0.3 is 5.97 Å². The number of nitrogens with one attached hydrogen (secondary N) is 2. The second kappa shape index (κ2) is 7.21. The number of rotatable bonds is 6. The highest BCUT2D eigenvalue weighted by molar-refractivity contribution is 6.04. The van der Waals surface area contributed by atoms with Crippen molar-refractivity contribution in [2.75, 3.05) is 5.32 Å². The van der Waals surface area contributed by atoms with Gasteiger partial charge < -0.3 is 20.2 Å². The van der Waals surface area contributed by atoms with Crippen LogP contribution >= 0.6 is 0 Å². The highest BCUT2D eigenvalue weighted by Gasteiger charge is 2.33. The SMILES string of the molecule is CCC(C)(NC(=O)c1ccc(C)c(NC(=O)c2ccco2)c1)C(=O)O. The van der Waals surface area contributed by atoms with Crippen molar-refractivity contribution in [1.82, 2.24) is 5.32 Å². The molecule has 0 aliphatic carbocycles. The molecule has 0 fully saturated rings. The minimum atomic E-state index is -1.36. The number of anilines is 1. The average Bonchev–Trinajstić information content (AvgIpc) is 3.11. The lowest BCUT2D eigenvalue weighted by molar-refractivity contribution is -0.143. The maximum atomic E-state index is 12.4. The number of carbonyl (C=O) groups is 3. The molecular weight excluding hydrogens is 324 g/mol. The van der Waals surface area contributed by atoms with Crippen LogP contribution in [0.25, 0.3) is 0 Å². The fourth-order valence-electron chi connectivity index (χ4n) is 2.11. The third kappa shape index (κ3) is 4.06. The van der Waals surface area contributed by atoms with Gasteiger partial charge in [0, 0.05) is 11.3 Å². The van der Waals surface area contributed by atoms with Gasteiger partial charge in [-0.25, -0.2) is 4.79 Å². The standard InChI is InChI=1S/C18H20N2O5/c1-4-18(3,17(23)24)20-15(21)12-8-7-11(2)13(10-12)19-16(22)14-6-5-9-25-14/h5-10H,4H2,1-3H3,(H,19,22)(H,20,21)(H,23,24). The number of carbonyl (C=O) groups excluding carboxylic acids is 2. The monoisotopic (exact) mass is 344 g/mol. The van der Waals surface area contributed by atoms with E-state index in [0.717, 1.165) is 5.56 Å². The second-order valence-electron chi connectivity index (χ2n) is 5.91. The molecule has 132 valence electrons. The summed E-state index contributed by atoms with van der Waals surface area (Å²) in [5.41, 5.74) is 0.0938. The lowest BCUT2D eigenvalue weighted by Crippen LogP contribution is -2.51. The van der Waals surface area contributed by atoms with Gasteiger partial charge in [-0.1, -0.05) is 13.0 Å². The minimum Gasteiger partial charge on any atom is -0.480 e. The van der Waals surface area contributed by atoms with Gasteiger partial charge in [-0.15, -0.1) is 0 Å². The first-order valence-corrected chi connectivity index (χ1v) is 7.78. The quantitative estimate of drug-likeness (QED) is 0.746. The van der Waals surface area contributed by atoms with Crippen LogP contribution in [0.5, 0.6) is 0 Å². The summed E-state index contributed by atoms with van der Waals surface area (Å²) in [6, 6.07) is 7.88. The number of amides is 2. The molecule has 2 amide bonds. The third-order valence-corrected chi connectivity index (χ3v) is 4.06. The Kier molecular flexibility index (Phi) is 5.26. The molecule has 1 atom stereocenters. The van der Waals surface area contributed by atoms with Crippen molar-refractivity contribution < 1.29 is 23.9 Å². The molecule has 2 aromatic rings. The van der Waals surface area contributed by atoms with Gasteiger partial charge in [0.1, 0.15) is 5.54 Å². The van der Waals surface area contributed by atoms with Gasteiger partial charge in [-0.2, -0.15) is 0 Å². The van der Waals surface area contributed by atoms with E-state index in [1.54, 1.807) is 32.0 Å². The van der Waals surface area contributed by atoms with E-state index in [4.69, 9.17) is 4.42 Å². The Balaban J connectivity index is 2.22. The summed E-state index contributed by atoms with van der Waals surface area (Å²) in [7, 11) is 0. The van der Waals surface area contributed by atoms with Crippen molar-refractivity contribution in [3.05, 3.63) is 53.5 Å². The Morgan fingerprint density at radius 1 is 1.20 bits per heavy atom. The van der Waals surface area contributed by atoms with E-state index in [1.807, 2.05) is 0 Å². The normalized spacial score (nSPS) is 12.9. The van der Waals surface area contributed by atoms with E-state index in [0.29, 0.717) is 5.69 Å². The minimum absolute atomic E-state index is 0.152. The maximum Gasteiger partial charge on any atom is 0.329 e. The van der Waals surface area contributed by atoms with E-state index >= 15 is 0 Å². The van der Waals surface area contributed by atoms with E-state index in [1.165, 1.54) is 25.3 Å². The molecule has 0 saturated heterocycles. The number of furan rings is 1. The van der Waals surface area contributed by atoms with Crippen LogP contribution in [0.1, 0.15) is 46.7 Å². The lowest BCUT2D eigenvalue weighted by Gasteiger charge is -2.24. The average molecular weight is 344 g/mol. The molecule has 0 spiro atoms. The molecule has 1 aromatic carbocycles. The fourth-order valence-corrected chi connectivity index (χ4v) is 2.11. The van der Waals surface area contributed by atoms with Gasteiger partial charge in [0.25, 0.3) is 11.8 Å². The molecule has 7 nitrogen and oxygen atoms in total. The van der Waals surface area contributed by atoms with Crippen molar-refractivity contribution in [3.8, 4) is 0 Å². The van der Waals surface area contributed by atoms with Crippen LogP contribution in [0.3, 0.4) is 0 Å². The highest BCUT2D eigenvalue weighted by Crippen LogP contribution is 2.19. The molecule has 2 rings (SSSR count). The van der Waals surface area contributed by atoms with Crippen molar-refractivity contribution in [3.63, 3.8) is 0 Å². The fraction of sp³-hybridized carbons (Fsp3) is 0.278. The van der Waals surface area contributed by atoms with E-state index in [-0.39, 0.29) is 17.7 Å². The molecule has 0 aliphatic rings. The summed E-state index contributed by atoms with van der Waals surface area (Å²) < 4.78 is 5.04. The Labute approximate surface area is 145 Å². The van der Waals surface area contributed by atoms with Crippen LogP contribution in [-0.4, -0.2) is 28.4 Å². The maximum absolute atomic E-state index is 12.4. The van der Waals surface area contributed by atoms with E-state index in [2.05, 4.69) is 10.6 Å². The van der Waals surface area contributed by atoms with Crippen molar-refractivity contribution >= 4 is 23.5 Å². The van der Waals surface area contributed by atoms with Crippen LogP contribution in [0, 0.1) is 6.92 Å². The molecule has 25 heavy (non-hydrogen) atoms. The first-order chi connectivity index (χ1) is 11.8. The summed E-state index contributed by atoms with van der Waals surface area (Å²) in [6.45, 7) is 4.91. The number of aliphatic carboxylic acids is 1. The Hall–Kier alpha value is -3.09. The van der Waals surface area contributed by atoms with Crippen molar-refractivity contribution in [1.29, 1.82) is 0 Å². The van der Waals surface area contributed by atoms with Gasteiger partial charge in [0.2, 0.25) is 0 Å². The summed E-state index contributed by atoms with van der Waals surface area (Å²) in [6.07, 6.45) is 1.63. The zero-order chi connectivity index (χ0) is 18.6. The first-order valence-electron chi connectivity index (χ1n) is 7.78. The Bertz CT molecular complexity index is 798. The molecule has 0 aliphatic heterocycles. The smallest absolute Gasteiger partial charge is 0.329 e. The molecule has 1 unspecified atom stereocenters. The molecule has 0 radical (unpaired) electrons. The lowest BCUT2D eigenvalue weighted by atomic mass is 9.98. The highest BCUT2D eigenvalue weighted by atomic mass is 16.4. The number of aryl methyl sites for hydroxylation is 1. The number of carboxylic acids is 1. The van der Waals surface area contributed by atoms with Gasteiger partial charge in [-0.3, -0.25) is 9.59 Å². The van der Waals surface area contributed by atoms with Gasteiger partial charge in [0.15, 0.2) is 5.76 Å². The molecular formula is C18H20N2O5. The molecule has 0 bridgehead atoms. The Morgan fingerprint density at radius 2 is 1.92 bits per heavy atom. The predicted octanol–water partition coefficient (Wildman–Crippen LogP) is 2.82. The van der Waals surface area contributed by atoms with Crippen LogP contribution in [0.4, 0.5) is 5.69 Å². The van der Waals surface area contributed by atoms with Crippen molar-refractivity contribution in [2.45, 2.75) is 32.7 Å². The number of hydrogen-bond acceptors (Lipinski definition) is 4. The van der Waals surface area contributed by atoms with Crippen LogP contribution in [-0.2, 0) is 4.79 Å². The third-order valence-electron chi connectivity index (χ3n) is 4.06. The van der Waals surface area contributed by atoms with Crippen LogP contribution in [0.15, 0.2) is 41.0 Å². The van der Waals surface area contributed by atoms with Crippen LogP contribution < -0.4 is 10.6 Å². The largest absolute Gasteiger partial charge is 0.480 e. The zero-order valence-electron chi connectivity index (χ0n) is 14.3. The first kappa shape index (κ1) is 18.3. The summed E-state index contributed by atoms with van der Waals surface area (Å²) in [4.78, 5) is 35.8. The molecule has 3 N–H and O–H groups in total. The Morgan fingerprint density at radius 3 is 2.48 bits per heavy atom. The summed E-state index contributed by atoms with van der Waals surface area (Å²) in [5.74, 6) is -1.92. The molecule has 1 heterocycles. The molecule has 0 saturated carbocycles. The zero-order valence-corrected chi connectivity index (χ0v) is 14.3.